The molecule has 6 rings (SSSR count). The van der Waals surface area contributed by atoms with Crippen LogP contribution >= 0.6 is 0 Å². The fraction of sp³-hybridized carbons (Fsp3) is 0.270. The van der Waals surface area contributed by atoms with Crippen LogP contribution < -0.4 is 10.6 Å². The molecule has 4 aromatic carbocycles. The third-order valence-electron chi connectivity index (χ3n) is 8.52. The number of carbonyl (C=O) groups is 2. The van der Waals surface area contributed by atoms with Gasteiger partial charge in [-0.05, 0) is 41.0 Å². The molecule has 1 saturated heterocycles. The average Bonchev–Trinajstić information content (AvgIpc) is 3.51. The van der Waals surface area contributed by atoms with Crippen molar-refractivity contribution in [2.45, 2.75) is 51.0 Å². The summed E-state index contributed by atoms with van der Waals surface area (Å²) in [5, 5.41) is 15.2. The molecule has 242 valence electrons. The van der Waals surface area contributed by atoms with Crippen molar-refractivity contribution in [1.82, 2.24) is 14.9 Å². The Morgan fingerprint density at radius 3 is 2.45 bits per heavy atom. The number of imidazole rings is 1. The molecule has 47 heavy (non-hydrogen) atoms. The third kappa shape index (κ3) is 7.52. The maximum Gasteiger partial charge on any atom is 0.328 e. The average molecular weight is 635 g/mol. The molecule has 2 amide bonds. The Balaban J connectivity index is 1.22. The molecule has 0 radical (unpaired) electrons. The second kappa shape index (κ2) is 14.6. The number of urea groups is 1. The quantitative estimate of drug-likeness (QED) is 0.163. The lowest BCUT2D eigenvalue weighted by Crippen LogP contribution is -2.45. The van der Waals surface area contributed by atoms with Gasteiger partial charge in [0.1, 0.15) is 6.04 Å². The molecule has 5 aromatic rings. The van der Waals surface area contributed by atoms with E-state index in [9.17, 15) is 14.7 Å². The highest BCUT2D eigenvalue weighted by Crippen LogP contribution is 2.42. The lowest BCUT2D eigenvalue weighted by Gasteiger charge is -2.41. The number of aromatic nitrogens is 2. The van der Waals surface area contributed by atoms with Gasteiger partial charge in [-0.15, -0.1) is 0 Å². The fourth-order valence-electron chi connectivity index (χ4n) is 5.95. The number of fused-ring (bicyclic) bond motifs is 1. The van der Waals surface area contributed by atoms with Crippen LogP contribution in [0.5, 0.6) is 0 Å². The Morgan fingerprint density at radius 1 is 0.915 bits per heavy atom. The summed E-state index contributed by atoms with van der Waals surface area (Å²) < 4.78 is 20.3. The Morgan fingerprint density at radius 2 is 1.68 bits per heavy atom. The zero-order chi connectivity index (χ0) is 32.8. The van der Waals surface area contributed by atoms with Gasteiger partial charge in [-0.2, -0.15) is 0 Å². The van der Waals surface area contributed by atoms with E-state index in [1.54, 1.807) is 12.1 Å². The molecule has 0 saturated carbocycles. The SMILES string of the molecule is COC(=O)C(Cc1ccccc1)NC(=O)Nc1cccc(C2OC(Cn3cnc4ccccc43)C(C)C(c3ccc(CO)cc3)O2)c1. The normalized spacial score (nSPS) is 20.0. The van der Waals surface area contributed by atoms with Gasteiger partial charge in [-0.3, -0.25) is 0 Å². The van der Waals surface area contributed by atoms with Gasteiger partial charge >= 0.3 is 12.0 Å². The minimum atomic E-state index is -0.866. The van der Waals surface area contributed by atoms with E-state index in [0.29, 0.717) is 12.2 Å². The van der Waals surface area contributed by atoms with Crippen molar-refractivity contribution >= 4 is 28.7 Å². The first-order chi connectivity index (χ1) is 22.9. The minimum Gasteiger partial charge on any atom is -0.467 e. The summed E-state index contributed by atoms with van der Waals surface area (Å²) in [4.78, 5) is 30.1. The standard InChI is InChI=1S/C37H38N4O6/c1-24-33(21-41-23-38-30-13-6-7-14-32(30)41)46-36(47-34(24)27-17-15-26(22-42)16-18-27)28-11-8-12-29(20-28)39-37(44)40-31(35(43)45-2)19-25-9-4-3-5-10-25/h3-18,20,23-24,31,33-34,36,42H,19,21-22H2,1-2H3,(H2,39,40,44). The minimum absolute atomic E-state index is 0.0284. The lowest BCUT2D eigenvalue weighted by molar-refractivity contribution is -0.276. The highest BCUT2D eigenvalue weighted by atomic mass is 16.7. The van der Waals surface area contributed by atoms with Gasteiger partial charge in [0.05, 0.1) is 49.8 Å². The van der Waals surface area contributed by atoms with Crippen LogP contribution in [0, 0.1) is 5.92 Å². The first-order valence-electron chi connectivity index (χ1n) is 15.6. The van der Waals surface area contributed by atoms with Gasteiger partial charge in [0.2, 0.25) is 0 Å². The molecule has 10 heteroatoms. The summed E-state index contributed by atoms with van der Waals surface area (Å²) in [7, 11) is 1.30. The van der Waals surface area contributed by atoms with E-state index >= 15 is 0 Å². The van der Waals surface area contributed by atoms with Gasteiger partial charge in [-0.25, -0.2) is 14.6 Å². The highest BCUT2D eigenvalue weighted by Gasteiger charge is 2.39. The number of anilines is 1. The van der Waals surface area contributed by atoms with E-state index in [-0.39, 0.29) is 31.2 Å². The van der Waals surface area contributed by atoms with Crippen molar-refractivity contribution in [3.63, 3.8) is 0 Å². The molecule has 0 bridgehead atoms. The van der Waals surface area contributed by atoms with Crippen molar-refractivity contribution in [2.75, 3.05) is 12.4 Å². The van der Waals surface area contributed by atoms with E-state index in [1.807, 2.05) is 97.3 Å². The van der Waals surface area contributed by atoms with Crippen molar-refractivity contribution in [2.24, 2.45) is 5.92 Å². The van der Waals surface area contributed by atoms with Gasteiger partial charge in [-0.1, -0.05) is 85.8 Å². The largest absolute Gasteiger partial charge is 0.467 e. The first-order valence-corrected chi connectivity index (χ1v) is 15.6. The molecule has 0 aliphatic carbocycles. The molecule has 3 N–H and O–H groups in total. The number of nitrogens with one attached hydrogen (secondary N) is 2. The number of methoxy groups -OCH3 is 1. The van der Waals surface area contributed by atoms with Crippen LogP contribution in [0.15, 0.2) is 109 Å². The number of hydrogen-bond acceptors (Lipinski definition) is 7. The maximum absolute atomic E-state index is 13.1. The Bertz CT molecular complexity index is 1810. The first kappa shape index (κ1) is 31.9. The number of benzene rings is 4. The summed E-state index contributed by atoms with van der Waals surface area (Å²) in [6.07, 6.45) is 0.836. The fourth-order valence-corrected chi connectivity index (χ4v) is 5.95. The number of rotatable bonds is 10. The van der Waals surface area contributed by atoms with Gasteiger partial charge < -0.3 is 34.5 Å². The number of ether oxygens (including phenoxy) is 3. The number of aliphatic hydroxyl groups is 1. The summed E-state index contributed by atoms with van der Waals surface area (Å²) in [5.74, 6) is -0.565. The zero-order valence-electron chi connectivity index (χ0n) is 26.3. The van der Waals surface area contributed by atoms with Crippen molar-refractivity contribution < 1.29 is 28.9 Å². The number of nitrogens with zero attached hydrogens (tertiary/aromatic N) is 2. The van der Waals surface area contributed by atoms with Crippen LogP contribution in [-0.2, 0) is 38.6 Å². The lowest BCUT2D eigenvalue weighted by atomic mass is 9.90. The van der Waals surface area contributed by atoms with Crippen molar-refractivity contribution in [3.05, 3.63) is 132 Å². The molecular formula is C37H38N4O6. The predicted molar refractivity (Wildman–Crippen MR) is 177 cm³/mol. The van der Waals surface area contributed by atoms with E-state index in [2.05, 4.69) is 27.1 Å². The predicted octanol–water partition coefficient (Wildman–Crippen LogP) is 5.93. The highest BCUT2D eigenvalue weighted by molar-refractivity contribution is 5.92. The van der Waals surface area contributed by atoms with Crippen molar-refractivity contribution in [3.8, 4) is 0 Å². The summed E-state index contributed by atoms with van der Waals surface area (Å²) in [6.45, 7) is 2.63. The summed E-state index contributed by atoms with van der Waals surface area (Å²) in [6, 6.07) is 31.0. The van der Waals surface area contributed by atoms with E-state index in [0.717, 1.165) is 33.3 Å². The molecule has 2 heterocycles. The number of aliphatic hydroxyl groups excluding tert-OH is 1. The number of para-hydroxylation sites is 2. The number of hydrogen-bond donors (Lipinski definition) is 3. The number of carbonyl (C=O) groups excluding carboxylic acids is 2. The number of amides is 2. The van der Waals surface area contributed by atoms with Crippen molar-refractivity contribution in [1.29, 1.82) is 0 Å². The Kier molecular flexibility index (Phi) is 9.92. The molecule has 5 unspecified atom stereocenters. The Hall–Kier alpha value is -5.03. The molecule has 5 atom stereocenters. The summed E-state index contributed by atoms with van der Waals surface area (Å²) in [5.41, 5.74) is 5.85. The topological polar surface area (TPSA) is 124 Å². The van der Waals surface area contributed by atoms with Crippen LogP contribution in [-0.4, -0.2) is 45.9 Å². The van der Waals surface area contributed by atoms with Crippen LogP contribution in [0.2, 0.25) is 0 Å². The maximum atomic E-state index is 13.1. The molecule has 1 aliphatic heterocycles. The van der Waals surface area contributed by atoms with E-state index in [4.69, 9.17) is 14.2 Å². The molecule has 1 aliphatic rings. The third-order valence-corrected chi connectivity index (χ3v) is 8.52. The molecular weight excluding hydrogens is 596 g/mol. The van der Waals surface area contributed by atoms with E-state index < -0.39 is 24.3 Å². The van der Waals surface area contributed by atoms with Crippen LogP contribution in [0.3, 0.4) is 0 Å². The molecule has 1 aromatic heterocycles. The van der Waals surface area contributed by atoms with Crippen LogP contribution in [0.1, 0.15) is 41.6 Å². The molecule has 0 spiro atoms. The van der Waals surface area contributed by atoms with Gasteiger partial charge in [0, 0.05) is 23.6 Å². The van der Waals surface area contributed by atoms with E-state index in [1.165, 1.54) is 7.11 Å². The monoisotopic (exact) mass is 634 g/mol. The van der Waals surface area contributed by atoms with Crippen LogP contribution in [0.4, 0.5) is 10.5 Å². The van der Waals surface area contributed by atoms with Crippen LogP contribution in [0.25, 0.3) is 11.0 Å². The smallest absolute Gasteiger partial charge is 0.328 e. The Labute approximate surface area is 273 Å². The second-order valence-electron chi connectivity index (χ2n) is 11.7. The molecule has 1 fully saturated rings. The molecule has 10 nitrogen and oxygen atoms in total. The second-order valence-corrected chi connectivity index (χ2v) is 11.7. The zero-order valence-corrected chi connectivity index (χ0v) is 26.3. The number of esters is 1. The van der Waals surface area contributed by atoms with Gasteiger partial charge in [0.15, 0.2) is 6.29 Å². The van der Waals surface area contributed by atoms with Gasteiger partial charge in [0.25, 0.3) is 0 Å². The summed E-state index contributed by atoms with van der Waals surface area (Å²) >= 11 is 0.